The van der Waals surface area contributed by atoms with Gasteiger partial charge in [-0.2, -0.15) is 9.61 Å². The Balaban J connectivity index is 1.55. The molecule has 4 rings (SSSR count). The molecule has 0 aliphatic rings. The van der Waals surface area contributed by atoms with Crippen molar-refractivity contribution in [1.82, 2.24) is 24.8 Å². The number of nitrogens with zero attached hydrogens (tertiary/aromatic N) is 5. The van der Waals surface area contributed by atoms with Crippen LogP contribution < -0.4 is 9.47 Å². The summed E-state index contributed by atoms with van der Waals surface area (Å²) in [7, 11) is 3.27. The van der Waals surface area contributed by atoms with Crippen LogP contribution in [0.25, 0.3) is 15.5 Å². The second kappa shape index (κ2) is 7.09. The second-order valence-electron chi connectivity index (χ2n) is 5.65. The number of ether oxygens (including phenoxy) is 2. The van der Waals surface area contributed by atoms with Gasteiger partial charge in [0.25, 0.3) is 0 Å². The highest BCUT2D eigenvalue weighted by atomic mass is 32.1. The molecule has 0 saturated carbocycles. The third-order valence-corrected chi connectivity index (χ3v) is 5.00. The number of pyridine rings is 1. The summed E-state index contributed by atoms with van der Waals surface area (Å²) >= 11 is 1.51. The Morgan fingerprint density at radius 2 is 1.92 bits per heavy atom. The van der Waals surface area contributed by atoms with Crippen molar-refractivity contribution >= 4 is 16.3 Å². The average molecular weight is 367 g/mol. The molecule has 0 radical (unpaired) electrons. The van der Waals surface area contributed by atoms with E-state index in [4.69, 9.17) is 9.47 Å². The Bertz CT molecular complexity index is 1030. The van der Waals surface area contributed by atoms with Gasteiger partial charge in [-0.05, 0) is 36.2 Å². The molecule has 8 heteroatoms. The number of hydrogen-bond donors (Lipinski definition) is 0. The molecule has 1 aromatic carbocycles. The first-order chi connectivity index (χ1) is 12.8. The van der Waals surface area contributed by atoms with Crippen LogP contribution in [-0.2, 0) is 12.8 Å². The maximum atomic E-state index is 5.36. The molecule has 132 valence electrons. The molecule has 0 N–H and O–H groups in total. The van der Waals surface area contributed by atoms with E-state index < -0.39 is 0 Å². The summed E-state index contributed by atoms with van der Waals surface area (Å²) in [6, 6.07) is 9.82. The minimum Gasteiger partial charge on any atom is -0.493 e. The van der Waals surface area contributed by atoms with E-state index in [-0.39, 0.29) is 0 Å². The molecule has 3 aromatic heterocycles. The molecule has 4 aromatic rings. The third kappa shape index (κ3) is 3.11. The van der Waals surface area contributed by atoms with Gasteiger partial charge in [0.05, 0.1) is 14.2 Å². The van der Waals surface area contributed by atoms with Crippen LogP contribution in [0.5, 0.6) is 11.5 Å². The Hall–Kier alpha value is -3.00. The van der Waals surface area contributed by atoms with Gasteiger partial charge in [0.2, 0.25) is 4.96 Å². The SMILES string of the molecule is COc1ccc(CCc2nnc3sc(-c4cccnc4)nn23)cc1OC. The van der Waals surface area contributed by atoms with E-state index >= 15 is 0 Å². The minimum absolute atomic E-state index is 0.724. The first kappa shape index (κ1) is 16.5. The van der Waals surface area contributed by atoms with Crippen molar-refractivity contribution in [2.24, 2.45) is 0 Å². The predicted octanol–water partition coefficient (Wildman–Crippen LogP) is 3.05. The summed E-state index contributed by atoms with van der Waals surface area (Å²) in [4.78, 5) is 4.93. The summed E-state index contributed by atoms with van der Waals surface area (Å²) in [5.41, 5.74) is 2.12. The minimum atomic E-state index is 0.724. The summed E-state index contributed by atoms with van der Waals surface area (Å²) in [6.45, 7) is 0. The molecule has 0 atom stereocenters. The van der Waals surface area contributed by atoms with Gasteiger partial charge in [0.1, 0.15) is 5.01 Å². The monoisotopic (exact) mass is 367 g/mol. The first-order valence-electron chi connectivity index (χ1n) is 8.11. The van der Waals surface area contributed by atoms with Gasteiger partial charge in [-0.25, -0.2) is 0 Å². The first-order valence-corrected chi connectivity index (χ1v) is 8.92. The van der Waals surface area contributed by atoms with Gasteiger partial charge in [-0.15, -0.1) is 10.2 Å². The molecule has 26 heavy (non-hydrogen) atoms. The van der Waals surface area contributed by atoms with E-state index in [1.54, 1.807) is 26.6 Å². The van der Waals surface area contributed by atoms with Crippen LogP contribution in [-0.4, -0.2) is 39.0 Å². The van der Waals surface area contributed by atoms with Crippen LogP contribution >= 0.6 is 11.3 Å². The van der Waals surface area contributed by atoms with E-state index in [1.807, 2.05) is 34.8 Å². The molecule has 0 unspecified atom stereocenters. The van der Waals surface area contributed by atoms with Crippen molar-refractivity contribution in [2.45, 2.75) is 12.8 Å². The van der Waals surface area contributed by atoms with Crippen molar-refractivity contribution in [3.05, 3.63) is 54.1 Å². The summed E-state index contributed by atoms with van der Waals surface area (Å²) in [5.74, 6) is 2.28. The zero-order valence-electron chi connectivity index (χ0n) is 14.4. The Kier molecular flexibility index (Phi) is 4.49. The lowest BCUT2D eigenvalue weighted by molar-refractivity contribution is 0.354. The van der Waals surface area contributed by atoms with Gasteiger partial charge < -0.3 is 9.47 Å². The average Bonchev–Trinajstić information content (AvgIpc) is 3.28. The number of aromatic nitrogens is 5. The summed E-state index contributed by atoms with van der Waals surface area (Å²) < 4.78 is 12.5. The normalized spacial score (nSPS) is 11.0. The number of fused-ring (bicyclic) bond motifs is 1. The molecule has 0 spiro atoms. The number of aryl methyl sites for hydroxylation is 2. The predicted molar refractivity (Wildman–Crippen MR) is 98.8 cm³/mol. The van der Waals surface area contributed by atoms with Crippen molar-refractivity contribution in [1.29, 1.82) is 0 Å². The van der Waals surface area contributed by atoms with E-state index in [2.05, 4.69) is 20.3 Å². The number of methoxy groups -OCH3 is 2. The van der Waals surface area contributed by atoms with E-state index in [9.17, 15) is 0 Å². The highest BCUT2D eigenvalue weighted by molar-refractivity contribution is 7.19. The third-order valence-electron chi connectivity index (χ3n) is 4.05. The van der Waals surface area contributed by atoms with Crippen molar-refractivity contribution in [3.63, 3.8) is 0 Å². The lowest BCUT2D eigenvalue weighted by Crippen LogP contribution is -2.00. The quantitative estimate of drug-likeness (QED) is 0.521. The van der Waals surface area contributed by atoms with E-state index in [0.29, 0.717) is 0 Å². The van der Waals surface area contributed by atoms with Gasteiger partial charge in [0, 0.05) is 24.4 Å². The fourth-order valence-electron chi connectivity index (χ4n) is 2.71. The molecule has 0 aliphatic carbocycles. The van der Waals surface area contributed by atoms with Gasteiger partial charge in [0.15, 0.2) is 17.3 Å². The van der Waals surface area contributed by atoms with Crippen LogP contribution in [0.15, 0.2) is 42.7 Å². The molecule has 0 fully saturated rings. The van der Waals surface area contributed by atoms with Crippen LogP contribution in [0.2, 0.25) is 0 Å². The molecular weight excluding hydrogens is 350 g/mol. The van der Waals surface area contributed by atoms with Gasteiger partial charge >= 0.3 is 0 Å². The highest BCUT2D eigenvalue weighted by Gasteiger charge is 2.13. The molecular formula is C18H17N5O2S. The van der Waals surface area contributed by atoms with E-state index in [0.717, 1.165) is 51.3 Å². The second-order valence-corrected chi connectivity index (χ2v) is 6.60. The zero-order valence-corrected chi connectivity index (χ0v) is 15.2. The number of rotatable bonds is 6. The molecule has 7 nitrogen and oxygen atoms in total. The van der Waals surface area contributed by atoms with Crippen molar-refractivity contribution < 1.29 is 9.47 Å². The topological polar surface area (TPSA) is 74.4 Å². The summed E-state index contributed by atoms with van der Waals surface area (Å²) in [6.07, 6.45) is 5.08. The molecule has 0 bridgehead atoms. The Morgan fingerprint density at radius 1 is 1.04 bits per heavy atom. The lowest BCUT2D eigenvalue weighted by atomic mass is 10.1. The van der Waals surface area contributed by atoms with Gasteiger partial charge in [-0.1, -0.05) is 17.4 Å². The Morgan fingerprint density at radius 3 is 2.69 bits per heavy atom. The van der Waals surface area contributed by atoms with Crippen LogP contribution in [0.4, 0.5) is 0 Å². The molecule has 0 amide bonds. The standard InChI is InChI=1S/C18H17N5O2S/c1-24-14-7-5-12(10-15(14)25-2)6-8-16-20-21-18-23(16)22-17(26-18)13-4-3-9-19-11-13/h3-5,7,9-11H,6,8H2,1-2H3. The smallest absolute Gasteiger partial charge is 0.234 e. The molecule has 0 aliphatic heterocycles. The number of benzene rings is 1. The molecule has 0 saturated heterocycles. The summed E-state index contributed by atoms with van der Waals surface area (Å²) in [5, 5.41) is 14.0. The lowest BCUT2D eigenvalue weighted by Gasteiger charge is -2.09. The number of hydrogen-bond acceptors (Lipinski definition) is 7. The maximum absolute atomic E-state index is 5.36. The van der Waals surface area contributed by atoms with Crippen LogP contribution in [0.3, 0.4) is 0 Å². The Labute approximate surface area is 154 Å². The zero-order chi connectivity index (χ0) is 17.9. The van der Waals surface area contributed by atoms with Gasteiger partial charge in [-0.3, -0.25) is 4.98 Å². The fraction of sp³-hybridized carbons (Fsp3) is 0.222. The van der Waals surface area contributed by atoms with Crippen LogP contribution in [0.1, 0.15) is 11.4 Å². The van der Waals surface area contributed by atoms with Crippen LogP contribution in [0, 0.1) is 0 Å². The molecule has 3 heterocycles. The van der Waals surface area contributed by atoms with E-state index in [1.165, 1.54) is 11.3 Å². The van der Waals surface area contributed by atoms with Crippen molar-refractivity contribution in [2.75, 3.05) is 14.2 Å². The van der Waals surface area contributed by atoms with Crippen molar-refractivity contribution in [3.8, 4) is 22.1 Å². The largest absolute Gasteiger partial charge is 0.493 e. The fourth-order valence-corrected chi connectivity index (χ4v) is 3.56. The highest BCUT2D eigenvalue weighted by Crippen LogP contribution is 2.28. The maximum Gasteiger partial charge on any atom is 0.234 e.